The van der Waals surface area contributed by atoms with Crippen LogP contribution < -0.4 is 14.3 Å². The van der Waals surface area contributed by atoms with Crippen molar-refractivity contribution >= 4 is 27.5 Å². The minimum Gasteiger partial charge on any atom is -0.495 e. The fourth-order valence-corrected chi connectivity index (χ4v) is 3.37. The van der Waals surface area contributed by atoms with Crippen molar-refractivity contribution < 1.29 is 18.8 Å². The number of hydrogen-bond acceptors (Lipinski definition) is 6. The normalized spacial score (nSPS) is 11.9. The molecule has 8 heteroatoms. The van der Waals surface area contributed by atoms with Gasteiger partial charge in [0.25, 0.3) is 0 Å². The number of nitrogens with zero attached hydrogens (tertiary/aromatic N) is 3. The molecule has 2 aromatic heterocycles. The number of methoxy groups -OCH3 is 2. The average molecular weight is 333 g/mol. The second kappa shape index (κ2) is 5.88. The molecule has 0 saturated heterocycles. The van der Waals surface area contributed by atoms with E-state index >= 15 is 0 Å². The summed E-state index contributed by atoms with van der Waals surface area (Å²) in [5.74, 6) is 1.49. The second-order valence-electron chi connectivity index (χ2n) is 4.83. The fourth-order valence-electron chi connectivity index (χ4n) is 2.24. The monoisotopic (exact) mass is 333 g/mol. The van der Waals surface area contributed by atoms with E-state index in [2.05, 4.69) is 10.1 Å². The van der Waals surface area contributed by atoms with Gasteiger partial charge in [0.2, 0.25) is 0 Å². The topological polar surface area (TPSA) is 78.8 Å². The Balaban J connectivity index is 2.20. The standard InChI is InChI=1S/C15H15N3O4S/c1-8-7-9(17-22-8)14(19)16-15-18(2)12-10(20-3)5-6-11(21-4)13(12)23-15/h5-7H,1-4H3. The lowest BCUT2D eigenvalue weighted by atomic mass is 10.3. The Kier molecular flexibility index (Phi) is 3.91. The molecule has 1 aromatic carbocycles. The van der Waals surface area contributed by atoms with E-state index in [0.717, 1.165) is 10.2 Å². The van der Waals surface area contributed by atoms with Gasteiger partial charge in [0.15, 0.2) is 10.5 Å². The molecule has 0 aliphatic rings. The van der Waals surface area contributed by atoms with E-state index in [4.69, 9.17) is 14.0 Å². The van der Waals surface area contributed by atoms with Crippen LogP contribution in [-0.2, 0) is 7.05 Å². The molecule has 0 radical (unpaired) electrons. The molecule has 3 rings (SSSR count). The third-order valence-corrected chi connectivity index (χ3v) is 4.50. The first-order chi connectivity index (χ1) is 11.0. The number of hydrogen-bond donors (Lipinski definition) is 0. The molecular weight excluding hydrogens is 318 g/mol. The van der Waals surface area contributed by atoms with E-state index in [0.29, 0.717) is 22.1 Å². The third kappa shape index (κ3) is 2.61. The number of ether oxygens (including phenoxy) is 2. The van der Waals surface area contributed by atoms with E-state index in [9.17, 15) is 4.79 Å². The summed E-state index contributed by atoms with van der Waals surface area (Å²) in [6.07, 6.45) is 0. The Bertz CT molecular complexity index is 951. The molecule has 0 fully saturated rings. The molecule has 3 aromatic rings. The highest BCUT2D eigenvalue weighted by atomic mass is 32.1. The minimum atomic E-state index is -0.457. The summed E-state index contributed by atoms with van der Waals surface area (Å²) in [5, 5.41) is 3.69. The van der Waals surface area contributed by atoms with Crippen LogP contribution in [0.25, 0.3) is 10.2 Å². The Morgan fingerprint density at radius 1 is 1.30 bits per heavy atom. The summed E-state index contributed by atoms with van der Waals surface area (Å²) in [4.78, 5) is 16.9. The van der Waals surface area contributed by atoms with Crippen LogP contribution in [0.1, 0.15) is 16.2 Å². The summed E-state index contributed by atoms with van der Waals surface area (Å²) in [6, 6.07) is 5.20. The first-order valence-electron chi connectivity index (χ1n) is 6.78. The van der Waals surface area contributed by atoms with Gasteiger partial charge in [-0.3, -0.25) is 4.79 Å². The van der Waals surface area contributed by atoms with Gasteiger partial charge in [-0.2, -0.15) is 4.99 Å². The van der Waals surface area contributed by atoms with E-state index < -0.39 is 5.91 Å². The zero-order valence-electron chi connectivity index (χ0n) is 13.1. The molecule has 0 atom stereocenters. The predicted octanol–water partition coefficient (Wildman–Crippen LogP) is 2.29. The molecule has 0 N–H and O–H groups in total. The molecule has 0 saturated carbocycles. The van der Waals surface area contributed by atoms with Gasteiger partial charge in [0.1, 0.15) is 27.5 Å². The van der Waals surface area contributed by atoms with Crippen molar-refractivity contribution in [1.29, 1.82) is 0 Å². The Labute approximate surface area is 135 Å². The molecule has 0 unspecified atom stereocenters. The number of carbonyl (C=O) groups is 1. The van der Waals surface area contributed by atoms with Gasteiger partial charge < -0.3 is 18.6 Å². The van der Waals surface area contributed by atoms with Crippen LogP contribution >= 0.6 is 11.3 Å². The van der Waals surface area contributed by atoms with E-state index in [1.54, 1.807) is 31.8 Å². The Hall–Kier alpha value is -2.61. The largest absolute Gasteiger partial charge is 0.495 e. The zero-order valence-corrected chi connectivity index (χ0v) is 13.9. The van der Waals surface area contributed by atoms with Crippen LogP contribution in [0.2, 0.25) is 0 Å². The third-order valence-electron chi connectivity index (χ3n) is 3.36. The number of amides is 1. The lowest BCUT2D eigenvalue weighted by Crippen LogP contribution is -2.13. The first-order valence-corrected chi connectivity index (χ1v) is 7.59. The van der Waals surface area contributed by atoms with Gasteiger partial charge in [0.05, 0.1) is 14.2 Å². The zero-order chi connectivity index (χ0) is 16.6. The van der Waals surface area contributed by atoms with Gasteiger partial charge in [-0.1, -0.05) is 16.5 Å². The van der Waals surface area contributed by atoms with Crippen molar-refractivity contribution in [2.24, 2.45) is 12.0 Å². The maximum absolute atomic E-state index is 12.2. The minimum absolute atomic E-state index is 0.180. The average Bonchev–Trinajstić information content (AvgIpc) is 3.11. The van der Waals surface area contributed by atoms with E-state index in [-0.39, 0.29) is 5.69 Å². The Morgan fingerprint density at radius 2 is 2.00 bits per heavy atom. The molecule has 2 heterocycles. The summed E-state index contributed by atoms with van der Waals surface area (Å²) >= 11 is 1.35. The quantitative estimate of drug-likeness (QED) is 0.735. The van der Waals surface area contributed by atoms with Gasteiger partial charge in [0, 0.05) is 13.1 Å². The maximum Gasteiger partial charge on any atom is 0.301 e. The van der Waals surface area contributed by atoms with Gasteiger partial charge in [-0.15, -0.1) is 0 Å². The molecule has 23 heavy (non-hydrogen) atoms. The predicted molar refractivity (Wildman–Crippen MR) is 85.0 cm³/mol. The van der Waals surface area contributed by atoms with Crippen LogP contribution in [0.15, 0.2) is 27.7 Å². The highest BCUT2D eigenvalue weighted by molar-refractivity contribution is 7.16. The molecule has 7 nitrogen and oxygen atoms in total. The lowest BCUT2D eigenvalue weighted by Gasteiger charge is -2.06. The number of aromatic nitrogens is 2. The van der Waals surface area contributed by atoms with E-state index in [1.165, 1.54) is 11.3 Å². The van der Waals surface area contributed by atoms with Crippen molar-refractivity contribution in [3.8, 4) is 11.5 Å². The summed E-state index contributed by atoms with van der Waals surface area (Å²) in [7, 11) is 5.01. The van der Waals surface area contributed by atoms with Gasteiger partial charge in [-0.05, 0) is 19.1 Å². The van der Waals surface area contributed by atoms with Crippen molar-refractivity contribution in [3.05, 3.63) is 34.5 Å². The molecule has 1 amide bonds. The molecule has 0 spiro atoms. The van der Waals surface area contributed by atoms with E-state index in [1.807, 2.05) is 19.2 Å². The van der Waals surface area contributed by atoms with Gasteiger partial charge >= 0.3 is 5.91 Å². The highest BCUT2D eigenvalue weighted by Crippen LogP contribution is 2.34. The molecular formula is C15H15N3O4S. The summed E-state index contributed by atoms with van der Waals surface area (Å²) in [5.41, 5.74) is 0.999. The van der Waals surface area contributed by atoms with Crippen molar-refractivity contribution in [3.63, 3.8) is 0 Å². The summed E-state index contributed by atoms with van der Waals surface area (Å²) < 4.78 is 18.3. The number of rotatable bonds is 3. The van der Waals surface area contributed by atoms with Crippen LogP contribution in [0, 0.1) is 6.92 Å². The molecule has 120 valence electrons. The van der Waals surface area contributed by atoms with Crippen LogP contribution in [-0.4, -0.2) is 29.9 Å². The second-order valence-corrected chi connectivity index (χ2v) is 5.81. The van der Waals surface area contributed by atoms with Crippen LogP contribution in [0.3, 0.4) is 0 Å². The maximum atomic E-state index is 12.2. The number of fused-ring (bicyclic) bond motifs is 1. The molecule has 0 aliphatic carbocycles. The van der Waals surface area contributed by atoms with Gasteiger partial charge in [-0.25, -0.2) is 0 Å². The van der Waals surface area contributed by atoms with Crippen LogP contribution in [0.5, 0.6) is 11.5 Å². The smallest absolute Gasteiger partial charge is 0.301 e. The van der Waals surface area contributed by atoms with Crippen molar-refractivity contribution in [2.75, 3.05) is 14.2 Å². The summed E-state index contributed by atoms with van der Waals surface area (Å²) in [6.45, 7) is 1.72. The highest BCUT2D eigenvalue weighted by Gasteiger charge is 2.15. The Morgan fingerprint density at radius 3 is 2.61 bits per heavy atom. The first kappa shape index (κ1) is 15.3. The fraction of sp³-hybridized carbons (Fsp3) is 0.267. The lowest BCUT2D eigenvalue weighted by molar-refractivity contribution is 0.0989. The number of aryl methyl sites for hydroxylation is 2. The number of carbonyl (C=O) groups excluding carboxylic acids is 1. The van der Waals surface area contributed by atoms with Crippen molar-refractivity contribution in [1.82, 2.24) is 9.72 Å². The number of benzene rings is 1. The number of thiazole rings is 1. The van der Waals surface area contributed by atoms with Crippen LogP contribution in [0.4, 0.5) is 0 Å². The molecule has 0 bridgehead atoms. The molecule has 0 aliphatic heterocycles. The SMILES string of the molecule is COc1ccc(OC)c2c1sc(=NC(=O)c1cc(C)on1)n2C. The van der Waals surface area contributed by atoms with Crippen molar-refractivity contribution in [2.45, 2.75) is 6.92 Å².